The zero-order chi connectivity index (χ0) is 19.0. The van der Waals surface area contributed by atoms with Gasteiger partial charge in [-0.25, -0.2) is 9.37 Å². The van der Waals surface area contributed by atoms with Gasteiger partial charge in [0, 0.05) is 11.1 Å². The van der Waals surface area contributed by atoms with E-state index in [2.05, 4.69) is 9.97 Å². The molecule has 7 heteroatoms. The number of aromatic amines is 1. The van der Waals surface area contributed by atoms with E-state index in [9.17, 15) is 9.18 Å². The topological polar surface area (TPSA) is 58.9 Å². The Balaban J connectivity index is 1.71. The van der Waals surface area contributed by atoms with Crippen LogP contribution in [-0.4, -0.2) is 9.97 Å². The number of hydrogen-bond donors (Lipinski definition) is 1. The van der Waals surface area contributed by atoms with Crippen molar-refractivity contribution >= 4 is 45.2 Å². The van der Waals surface area contributed by atoms with Crippen molar-refractivity contribution in [2.45, 2.75) is 0 Å². The highest BCUT2D eigenvalue weighted by molar-refractivity contribution is 6.50. The predicted molar refractivity (Wildman–Crippen MR) is 105 cm³/mol. The smallest absolute Gasteiger partial charge is 0.259 e. The molecule has 0 saturated heterocycles. The third kappa shape index (κ3) is 3.52. The van der Waals surface area contributed by atoms with E-state index in [1.165, 1.54) is 18.2 Å². The summed E-state index contributed by atoms with van der Waals surface area (Å²) in [5, 5.41) is 0.995. The maximum absolute atomic E-state index is 13.9. The first-order chi connectivity index (χ1) is 13.0. The molecule has 4 aromatic rings. The Kier molecular flexibility index (Phi) is 4.56. The molecule has 0 unspecified atom stereocenters. The van der Waals surface area contributed by atoms with Gasteiger partial charge in [0.2, 0.25) is 0 Å². The van der Waals surface area contributed by atoms with Gasteiger partial charge in [-0.3, -0.25) is 4.79 Å². The molecule has 0 amide bonds. The van der Waals surface area contributed by atoms with Crippen molar-refractivity contribution in [1.29, 1.82) is 0 Å². The van der Waals surface area contributed by atoms with Gasteiger partial charge in [-0.15, -0.1) is 0 Å². The first-order valence-corrected chi connectivity index (χ1v) is 8.69. The highest BCUT2D eigenvalue weighted by Gasteiger charge is 2.11. The Labute approximate surface area is 162 Å². The van der Waals surface area contributed by atoms with Gasteiger partial charge in [0.05, 0.1) is 21.5 Å². The predicted octanol–water partition coefficient (Wildman–Crippen LogP) is 5.71. The van der Waals surface area contributed by atoms with Crippen LogP contribution in [0, 0.1) is 5.82 Å². The summed E-state index contributed by atoms with van der Waals surface area (Å²) in [6.45, 7) is 0. The van der Waals surface area contributed by atoms with E-state index >= 15 is 0 Å². The molecule has 0 aliphatic heterocycles. The lowest BCUT2D eigenvalue weighted by molar-refractivity contribution is 0.561. The normalized spacial score (nSPS) is 11.9. The van der Waals surface area contributed by atoms with Crippen molar-refractivity contribution in [3.05, 3.63) is 87.4 Å². The van der Waals surface area contributed by atoms with E-state index in [-0.39, 0.29) is 22.2 Å². The second-order valence-corrected chi connectivity index (χ2v) is 6.59. The summed E-state index contributed by atoms with van der Waals surface area (Å²) in [6, 6.07) is 14.4. The number of nitrogens with one attached hydrogen (secondary N) is 1. The fourth-order valence-electron chi connectivity index (χ4n) is 2.65. The lowest BCUT2D eigenvalue weighted by Crippen LogP contribution is -2.10. The van der Waals surface area contributed by atoms with Crippen LogP contribution in [0.3, 0.4) is 0 Å². The van der Waals surface area contributed by atoms with Crippen LogP contribution in [0.5, 0.6) is 0 Å². The maximum Gasteiger partial charge on any atom is 0.259 e. The van der Waals surface area contributed by atoms with Gasteiger partial charge in [-0.1, -0.05) is 35.3 Å². The molecule has 0 saturated carbocycles. The average molecular weight is 401 g/mol. The minimum atomic E-state index is -0.382. The Morgan fingerprint density at radius 2 is 1.96 bits per heavy atom. The van der Waals surface area contributed by atoms with Crippen molar-refractivity contribution in [3.8, 4) is 11.3 Å². The number of aromatic nitrogens is 2. The molecule has 4 nitrogen and oxygen atoms in total. The maximum atomic E-state index is 13.9. The SMILES string of the molecule is O=c1[nH]c(/C(Cl)=C/c2ccc(-c3ccccc3F)o2)nc2ccc(Cl)cc12. The number of rotatable bonds is 3. The second-order valence-electron chi connectivity index (χ2n) is 5.75. The van der Waals surface area contributed by atoms with E-state index in [4.69, 9.17) is 27.6 Å². The molecule has 0 fully saturated rings. The van der Waals surface area contributed by atoms with Crippen molar-refractivity contribution < 1.29 is 8.81 Å². The van der Waals surface area contributed by atoms with Crippen LogP contribution in [0.4, 0.5) is 4.39 Å². The van der Waals surface area contributed by atoms with Gasteiger partial charge in [-0.2, -0.15) is 0 Å². The van der Waals surface area contributed by atoms with Crippen LogP contribution in [0.2, 0.25) is 5.02 Å². The summed E-state index contributed by atoms with van der Waals surface area (Å²) in [4.78, 5) is 19.2. The van der Waals surface area contributed by atoms with Crippen molar-refractivity contribution in [1.82, 2.24) is 9.97 Å². The first kappa shape index (κ1) is 17.5. The molecule has 134 valence electrons. The average Bonchev–Trinajstić information content (AvgIpc) is 3.10. The molecule has 0 aliphatic rings. The first-order valence-electron chi connectivity index (χ1n) is 7.93. The number of nitrogens with zero attached hydrogens (tertiary/aromatic N) is 1. The summed E-state index contributed by atoms with van der Waals surface area (Å²) < 4.78 is 19.5. The number of hydrogen-bond acceptors (Lipinski definition) is 3. The number of halogens is 3. The number of H-pyrrole nitrogens is 1. The Bertz CT molecular complexity index is 1240. The standard InChI is InChI=1S/C20H11Cl2FN2O2/c21-11-5-7-17-14(9-11)20(26)25-19(24-17)15(22)10-12-6-8-18(27-12)13-3-1-2-4-16(13)23/h1-10H,(H,24,25,26)/b15-10-. The van der Waals surface area contributed by atoms with Gasteiger partial charge in [0.1, 0.15) is 17.3 Å². The molecule has 27 heavy (non-hydrogen) atoms. The lowest BCUT2D eigenvalue weighted by Gasteiger charge is -2.02. The van der Waals surface area contributed by atoms with Crippen LogP contribution in [0.15, 0.2) is 63.8 Å². The van der Waals surface area contributed by atoms with Gasteiger partial charge >= 0.3 is 0 Å². The van der Waals surface area contributed by atoms with E-state index in [1.54, 1.807) is 42.5 Å². The van der Waals surface area contributed by atoms with Crippen LogP contribution in [0.1, 0.15) is 11.6 Å². The second kappa shape index (κ2) is 7.02. The largest absolute Gasteiger partial charge is 0.457 e. The third-order valence-electron chi connectivity index (χ3n) is 3.93. The minimum Gasteiger partial charge on any atom is -0.457 e. The Morgan fingerprint density at radius 3 is 2.78 bits per heavy atom. The van der Waals surface area contributed by atoms with Gasteiger partial charge in [0.25, 0.3) is 5.56 Å². The van der Waals surface area contributed by atoms with Crippen molar-refractivity contribution in [3.63, 3.8) is 0 Å². The molecule has 4 rings (SSSR count). The summed E-state index contributed by atoms with van der Waals surface area (Å²) in [6.07, 6.45) is 1.51. The van der Waals surface area contributed by atoms with E-state index in [1.807, 2.05) is 0 Å². The molecule has 2 aromatic heterocycles. The van der Waals surface area contributed by atoms with Crippen molar-refractivity contribution in [2.24, 2.45) is 0 Å². The van der Waals surface area contributed by atoms with Gasteiger partial charge < -0.3 is 9.40 Å². The fourth-order valence-corrected chi connectivity index (χ4v) is 3.02. The summed E-state index contributed by atoms with van der Waals surface area (Å²) in [7, 11) is 0. The Morgan fingerprint density at radius 1 is 1.15 bits per heavy atom. The molecular formula is C20H11Cl2FN2O2. The summed E-state index contributed by atoms with van der Waals surface area (Å²) in [5.74, 6) is 0.587. The van der Waals surface area contributed by atoms with Crippen LogP contribution < -0.4 is 5.56 Å². The molecule has 0 atom stereocenters. The quantitative estimate of drug-likeness (QED) is 0.478. The monoisotopic (exact) mass is 400 g/mol. The molecule has 2 aromatic carbocycles. The fraction of sp³-hybridized carbons (Fsp3) is 0. The van der Waals surface area contributed by atoms with Crippen LogP contribution >= 0.6 is 23.2 Å². The van der Waals surface area contributed by atoms with E-state index < -0.39 is 0 Å². The van der Waals surface area contributed by atoms with Gasteiger partial charge in [0.15, 0.2) is 5.82 Å². The van der Waals surface area contributed by atoms with Crippen LogP contribution in [0.25, 0.3) is 33.3 Å². The summed E-state index contributed by atoms with van der Waals surface area (Å²) >= 11 is 12.2. The van der Waals surface area contributed by atoms with Crippen LogP contribution in [-0.2, 0) is 0 Å². The number of benzene rings is 2. The summed E-state index contributed by atoms with van der Waals surface area (Å²) in [5.41, 5.74) is 0.467. The van der Waals surface area contributed by atoms with E-state index in [0.717, 1.165) is 0 Å². The lowest BCUT2D eigenvalue weighted by atomic mass is 10.1. The number of fused-ring (bicyclic) bond motifs is 1. The molecule has 0 spiro atoms. The molecule has 0 radical (unpaired) electrons. The van der Waals surface area contributed by atoms with Crippen molar-refractivity contribution in [2.75, 3.05) is 0 Å². The molecule has 0 aliphatic carbocycles. The zero-order valence-corrected chi connectivity index (χ0v) is 15.2. The molecule has 1 N–H and O–H groups in total. The molecule has 0 bridgehead atoms. The highest BCUT2D eigenvalue weighted by Crippen LogP contribution is 2.27. The Hall–Kier alpha value is -2.89. The molecule has 2 heterocycles. The van der Waals surface area contributed by atoms with Gasteiger partial charge in [-0.05, 0) is 42.5 Å². The third-order valence-corrected chi connectivity index (χ3v) is 4.45. The van der Waals surface area contributed by atoms with E-state index in [0.29, 0.717) is 33.0 Å². The highest BCUT2D eigenvalue weighted by atomic mass is 35.5. The minimum absolute atomic E-state index is 0.179. The number of furan rings is 1. The zero-order valence-electron chi connectivity index (χ0n) is 13.7. The molecular weight excluding hydrogens is 390 g/mol.